The summed E-state index contributed by atoms with van der Waals surface area (Å²) in [5.41, 5.74) is 1.06. The number of carbonyl (C=O) groups is 1. The fraction of sp³-hybridized carbons (Fsp3) is 0.500. The van der Waals surface area contributed by atoms with Crippen molar-refractivity contribution in [3.8, 4) is 11.5 Å². The molecule has 6 heteroatoms. The van der Waals surface area contributed by atoms with Crippen LogP contribution in [0.25, 0.3) is 0 Å². The van der Waals surface area contributed by atoms with Crippen LogP contribution in [0.5, 0.6) is 11.5 Å². The first-order valence-corrected chi connectivity index (χ1v) is 8.82. The van der Waals surface area contributed by atoms with Gasteiger partial charge in [-0.1, -0.05) is 12.7 Å². The van der Waals surface area contributed by atoms with E-state index in [1.54, 1.807) is 13.2 Å². The van der Waals surface area contributed by atoms with Crippen molar-refractivity contribution in [2.75, 3.05) is 20.3 Å². The highest BCUT2D eigenvalue weighted by molar-refractivity contribution is 9.10. The van der Waals surface area contributed by atoms with Gasteiger partial charge in [0.05, 0.1) is 17.5 Å². The van der Waals surface area contributed by atoms with Crippen LogP contribution in [-0.2, 0) is 11.3 Å². The lowest BCUT2D eigenvalue weighted by Gasteiger charge is -2.36. The Morgan fingerprint density at radius 3 is 2.88 bits per heavy atom. The maximum atomic E-state index is 11.3. The molecule has 0 radical (unpaired) electrons. The summed E-state index contributed by atoms with van der Waals surface area (Å²) in [6, 6.07) is 4.31. The normalized spacial score (nSPS) is 21.3. The molecule has 1 aliphatic heterocycles. The second-order valence-corrected chi connectivity index (χ2v) is 6.95. The summed E-state index contributed by atoms with van der Waals surface area (Å²) >= 11 is 3.53. The first-order chi connectivity index (χ1) is 11.5. The SMILES string of the molecule is C=CCOc1c(Br)cc(CN2CC(C(=O)O)CCC2C)cc1OC. The molecule has 1 saturated heterocycles. The molecule has 1 N–H and O–H groups in total. The second kappa shape index (κ2) is 8.53. The van der Waals surface area contributed by atoms with Crippen molar-refractivity contribution < 1.29 is 19.4 Å². The third kappa shape index (κ3) is 4.51. The topological polar surface area (TPSA) is 59.0 Å². The Bertz CT molecular complexity index is 605. The second-order valence-electron chi connectivity index (χ2n) is 6.10. The van der Waals surface area contributed by atoms with E-state index in [0.29, 0.717) is 37.2 Å². The van der Waals surface area contributed by atoms with Crippen molar-refractivity contribution in [3.05, 3.63) is 34.8 Å². The Kier molecular flexibility index (Phi) is 6.69. The van der Waals surface area contributed by atoms with E-state index in [1.165, 1.54) is 0 Å². The average Bonchev–Trinajstić information content (AvgIpc) is 2.55. The van der Waals surface area contributed by atoms with Crippen LogP contribution in [0.2, 0.25) is 0 Å². The summed E-state index contributed by atoms with van der Waals surface area (Å²) in [4.78, 5) is 13.5. The number of ether oxygens (including phenoxy) is 2. The van der Waals surface area contributed by atoms with Gasteiger partial charge in [0.2, 0.25) is 0 Å². The molecule has 1 aliphatic rings. The number of hydrogen-bond acceptors (Lipinski definition) is 4. The maximum Gasteiger partial charge on any atom is 0.307 e. The number of benzene rings is 1. The van der Waals surface area contributed by atoms with Crippen molar-refractivity contribution in [2.24, 2.45) is 5.92 Å². The van der Waals surface area contributed by atoms with Crippen LogP contribution < -0.4 is 9.47 Å². The van der Waals surface area contributed by atoms with Gasteiger partial charge in [-0.15, -0.1) is 0 Å². The number of rotatable bonds is 7. The average molecular weight is 398 g/mol. The molecule has 2 unspecified atom stereocenters. The molecule has 0 spiro atoms. The Labute approximate surface area is 151 Å². The van der Waals surface area contributed by atoms with Crippen LogP contribution in [0, 0.1) is 5.92 Å². The molecule has 2 rings (SSSR count). The maximum absolute atomic E-state index is 11.3. The largest absolute Gasteiger partial charge is 0.493 e. The third-order valence-corrected chi connectivity index (χ3v) is 4.97. The van der Waals surface area contributed by atoms with Gasteiger partial charge in [-0.25, -0.2) is 0 Å². The summed E-state index contributed by atoms with van der Waals surface area (Å²) in [7, 11) is 1.61. The number of halogens is 1. The van der Waals surface area contributed by atoms with E-state index in [4.69, 9.17) is 9.47 Å². The van der Waals surface area contributed by atoms with Crippen LogP contribution in [0.1, 0.15) is 25.3 Å². The number of piperidine rings is 1. The van der Waals surface area contributed by atoms with Gasteiger partial charge in [-0.05, 0) is 53.4 Å². The van der Waals surface area contributed by atoms with Crippen LogP contribution in [0.3, 0.4) is 0 Å². The predicted octanol–water partition coefficient (Wildman–Crippen LogP) is 3.71. The minimum Gasteiger partial charge on any atom is -0.493 e. The summed E-state index contributed by atoms with van der Waals surface area (Å²) in [6.07, 6.45) is 3.32. The monoisotopic (exact) mass is 397 g/mol. The first-order valence-electron chi connectivity index (χ1n) is 8.03. The van der Waals surface area contributed by atoms with Gasteiger partial charge in [0, 0.05) is 19.1 Å². The van der Waals surface area contributed by atoms with Crippen molar-refractivity contribution in [2.45, 2.75) is 32.4 Å². The number of aliphatic carboxylic acids is 1. The van der Waals surface area contributed by atoms with Crippen LogP contribution >= 0.6 is 15.9 Å². The van der Waals surface area contributed by atoms with Crippen molar-refractivity contribution in [1.82, 2.24) is 4.90 Å². The molecular weight excluding hydrogens is 374 g/mol. The molecule has 1 heterocycles. The minimum absolute atomic E-state index is 0.290. The number of methoxy groups -OCH3 is 1. The Balaban J connectivity index is 2.18. The quantitative estimate of drug-likeness (QED) is 0.710. The third-order valence-electron chi connectivity index (χ3n) is 4.38. The number of carboxylic acid groups (broad SMARTS) is 1. The molecule has 0 saturated carbocycles. The standard InChI is InChI=1S/C18H24BrNO4/c1-4-7-24-17-15(19)8-13(9-16(17)23-3)10-20-11-14(18(21)22)6-5-12(20)2/h4,8-9,12,14H,1,5-7,10-11H2,2-3H3,(H,21,22). The van der Waals surface area contributed by atoms with Gasteiger partial charge < -0.3 is 14.6 Å². The van der Waals surface area contributed by atoms with Gasteiger partial charge in [-0.2, -0.15) is 0 Å². The lowest BCUT2D eigenvalue weighted by molar-refractivity contribution is -0.144. The molecule has 1 aromatic rings. The summed E-state index contributed by atoms with van der Waals surface area (Å²) in [5.74, 6) is 0.303. The highest BCUT2D eigenvalue weighted by atomic mass is 79.9. The summed E-state index contributed by atoms with van der Waals surface area (Å²) < 4.78 is 11.9. The van der Waals surface area contributed by atoms with Crippen molar-refractivity contribution >= 4 is 21.9 Å². The van der Waals surface area contributed by atoms with E-state index in [-0.39, 0.29) is 5.92 Å². The van der Waals surface area contributed by atoms with Crippen molar-refractivity contribution in [3.63, 3.8) is 0 Å². The zero-order chi connectivity index (χ0) is 17.7. The summed E-state index contributed by atoms with van der Waals surface area (Å²) in [6.45, 7) is 7.45. The first kappa shape index (κ1) is 18.8. The van der Waals surface area contributed by atoms with Crippen molar-refractivity contribution in [1.29, 1.82) is 0 Å². The van der Waals surface area contributed by atoms with Crippen LogP contribution in [-0.4, -0.2) is 42.3 Å². The lowest BCUT2D eigenvalue weighted by Crippen LogP contribution is -2.43. The summed E-state index contributed by atoms with van der Waals surface area (Å²) in [5, 5.41) is 9.27. The number of hydrogen-bond donors (Lipinski definition) is 1. The molecule has 0 aromatic heterocycles. The molecule has 0 amide bonds. The van der Waals surface area contributed by atoms with E-state index in [9.17, 15) is 9.90 Å². The van der Waals surface area contributed by atoms with E-state index in [2.05, 4.69) is 34.3 Å². The predicted molar refractivity (Wildman–Crippen MR) is 96.6 cm³/mol. The molecule has 1 fully saturated rings. The smallest absolute Gasteiger partial charge is 0.307 e. The molecule has 0 aliphatic carbocycles. The minimum atomic E-state index is -0.709. The van der Waals surface area contributed by atoms with Gasteiger partial charge >= 0.3 is 5.97 Å². The Morgan fingerprint density at radius 2 is 2.25 bits per heavy atom. The molecule has 2 atom stereocenters. The lowest BCUT2D eigenvalue weighted by atomic mass is 9.93. The highest BCUT2D eigenvalue weighted by Crippen LogP contribution is 2.37. The Morgan fingerprint density at radius 1 is 1.50 bits per heavy atom. The number of likely N-dealkylation sites (tertiary alicyclic amines) is 1. The Hall–Kier alpha value is -1.53. The van der Waals surface area contributed by atoms with E-state index < -0.39 is 5.97 Å². The molecular formula is C18H24BrNO4. The molecule has 132 valence electrons. The van der Waals surface area contributed by atoms with Gasteiger partial charge in [0.15, 0.2) is 11.5 Å². The van der Waals surface area contributed by atoms with Gasteiger partial charge in [-0.3, -0.25) is 9.69 Å². The molecule has 24 heavy (non-hydrogen) atoms. The zero-order valence-electron chi connectivity index (χ0n) is 14.1. The molecule has 0 bridgehead atoms. The van der Waals surface area contributed by atoms with Crippen LogP contribution in [0.15, 0.2) is 29.3 Å². The fourth-order valence-electron chi connectivity index (χ4n) is 2.98. The fourth-order valence-corrected chi connectivity index (χ4v) is 3.59. The molecule has 1 aromatic carbocycles. The highest BCUT2D eigenvalue weighted by Gasteiger charge is 2.29. The number of carboxylic acids is 1. The zero-order valence-corrected chi connectivity index (χ0v) is 15.7. The van der Waals surface area contributed by atoms with Gasteiger partial charge in [0.25, 0.3) is 0 Å². The molecule has 5 nitrogen and oxygen atoms in total. The number of nitrogens with zero attached hydrogens (tertiary/aromatic N) is 1. The van der Waals surface area contributed by atoms with Crippen LogP contribution in [0.4, 0.5) is 0 Å². The van der Waals surface area contributed by atoms with E-state index in [0.717, 1.165) is 22.9 Å². The van der Waals surface area contributed by atoms with E-state index >= 15 is 0 Å². The van der Waals surface area contributed by atoms with Gasteiger partial charge in [0.1, 0.15) is 6.61 Å². The van der Waals surface area contributed by atoms with E-state index in [1.807, 2.05) is 12.1 Å².